The van der Waals surface area contributed by atoms with Gasteiger partial charge in [0.05, 0.1) is 6.10 Å². The summed E-state index contributed by atoms with van der Waals surface area (Å²) in [6.07, 6.45) is 1.47. The van der Waals surface area contributed by atoms with Gasteiger partial charge in [-0.25, -0.2) is 4.39 Å². The van der Waals surface area contributed by atoms with Crippen LogP contribution in [0.5, 0.6) is 0 Å². The first-order chi connectivity index (χ1) is 7.59. The van der Waals surface area contributed by atoms with E-state index in [9.17, 15) is 9.50 Å². The van der Waals surface area contributed by atoms with Crippen molar-refractivity contribution >= 4 is 0 Å². The molecule has 0 aromatic heterocycles. The van der Waals surface area contributed by atoms with Crippen molar-refractivity contribution in [1.29, 1.82) is 0 Å². The largest absolute Gasteiger partial charge is 0.387 e. The van der Waals surface area contributed by atoms with Gasteiger partial charge in [-0.05, 0) is 31.7 Å². The lowest BCUT2D eigenvalue weighted by Gasteiger charge is -2.33. The molecule has 2 bridgehead atoms. The molecule has 1 aliphatic carbocycles. The number of nitrogens with one attached hydrogen (secondary N) is 1. The Kier molecular flexibility index (Phi) is 2.10. The minimum Gasteiger partial charge on any atom is -0.387 e. The quantitative estimate of drug-likeness (QED) is 0.800. The fourth-order valence-corrected chi connectivity index (χ4v) is 3.23. The minimum absolute atomic E-state index is 0.0156. The summed E-state index contributed by atoms with van der Waals surface area (Å²) in [5.41, 5.74) is 0.595. The monoisotopic (exact) mass is 221 g/mol. The van der Waals surface area contributed by atoms with Crippen molar-refractivity contribution in [2.75, 3.05) is 0 Å². The van der Waals surface area contributed by atoms with E-state index in [2.05, 4.69) is 12.2 Å². The Labute approximate surface area is 94.5 Å². The third kappa shape index (κ3) is 1.39. The van der Waals surface area contributed by atoms with Gasteiger partial charge in [0.2, 0.25) is 0 Å². The van der Waals surface area contributed by atoms with Crippen LogP contribution in [0.1, 0.15) is 31.4 Å². The highest BCUT2D eigenvalue weighted by atomic mass is 19.1. The molecule has 0 spiro atoms. The average molecular weight is 221 g/mol. The normalized spacial score (nSPS) is 38.2. The third-order valence-electron chi connectivity index (χ3n) is 4.01. The maximum atomic E-state index is 13.5. The molecular formula is C13H16FNO. The molecule has 16 heavy (non-hydrogen) atoms. The van der Waals surface area contributed by atoms with E-state index in [0.29, 0.717) is 11.5 Å². The van der Waals surface area contributed by atoms with Crippen LogP contribution in [-0.4, -0.2) is 16.7 Å². The van der Waals surface area contributed by atoms with Crippen LogP contribution in [0, 0.1) is 11.7 Å². The lowest BCUT2D eigenvalue weighted by molar-refractivity contribution is 0.118. The predicted octanol–water partition coefficient (Wildman–Crippen LogP) is 2.00. The van der Waals surface area contributed by atoms with Gasteiger partial charge < -0.3 is 10.4 Å². The minimum atomic E-state index is -0.726. The summed E-state index contributed by atoms with van der Waals surface area (Å²) in [5, 5.41) is 13.6. The standard InChI is InChI=1S/C13H16FNO/c1-13-6-8(7-13)11(15-13)12(16)9-4-2-3-5-10(9)14/h2-5,8,11-12,15-16H,6-7H2,1H3/t8?,11-,12-,13?/m0/s1. The number of benzene rings is 1. The molecule has 2 N–H and O–H groups in total. The molecule has 2 saturated heterocycles. The lowest BCUT2D eigenvalue weighted by Crippen LogP contribution is -2.40. The van der Waals surface area contributed by atoms with Crippen LogP contribution in [0.2, 0.25) is 0 Å². The molecule has 2 aliphatic heterocycles. The van der Waals surface area contributed by atoms with Gasteiger partial charge in [-0.2, -0.15) is 0 Å². The van der Waals surface area contributed by atoms with E-state index in [1.54, 1.807) is 18.2 Å². The first-order valence-electron chi connectivity index (χ1n) is 5.79. The molecule has 0 unspecified atom stereocenters. The summed E-state index contributed by atoms with van der Waals surface area (Å²) < 4.78 is 13.5. The molecule has 1 aromatic rings. The molecule has 4 rings (SSSR count). The number of rotatable bonds is 2. The molecule has 0 amide bonds. The Morgan fingerprint density at radius 2 is 2.12 bits per heavy atom. The average Bonchev–Trinajstić information content (AvgIpc) is 2.71. The number of aliphatic hydroxyl groups is 1. The Morgan fingerprint density at radius 1 is 1.44 bits per heavy atom. The molecule has 86 valence electrons. The molecular weight excluding hydrogens is 205 g/mol. The molecule has 2 nitrogen and oxygen atoms in total. The highest BCUT2D eigenvalue weighted by Crippen LogP contribution is 2.50. The molecule has 1 saturated carbocycles. The molecule has 2 heterocycles. The van der Waals surface area contributed by atoms with Crippen molar-refractivity contribution in [2.45, 2.75) is 37.5 Å². The van der Waals surface area contributed by atoms with Crippen LogP contribution < -0.4 is 5.32 Å². The zero-order valence-corrected chi connectivity index (χ0v) is 9.28. The topological polar surface area (TPSA) is 32.3 Å². The van der Waals surface area contributed by atoms with Crippen LogP contribution in [0.15, 0.2) is 24.3 Å². The van der Waals surface area contributed by atoms with Crippen molar-refractivity contribution in [1.82, 2.24) is 5.32 Å². The van der Waals surface area contributed by atoms with Gasteiger partial charge in [0.15, 0.2) is 0 Å². The summed E-state index contributed by atoms with van der Waals surface area (Å²) in [4.78, 5) is 0. The van der Waals surface area contributed by atoms with E-state index in [-0.39, 0.29) is 17.4 Å². The molecule has 0 radical (unpaired) electrons. The van der Waals surface area contributed by atoms with Crippen molar-refractivity contribution in [3.63, 3.8) is 0 Å². The van der Waals surface area contributed by atoms with Crippen molar-refractivity contribution < 1.29 is 9.50 Å². The van der Waals surface area contributed by atoms with E-state index in [1.165, 1.54) is 6.07 Å². The van der Waals surface area contributed by atoms with Gasteiger partial charge in [0, 0.05) is 17.1 Å². The van der Waals surface area contributed by atoms with Crippen molar-refractivity contribution in [2.24, 2.45) is 5.92 Å². The van der Waals surface area contributed by atoms with Gasteiger partial charge in [0.1, 0.15) is 5.82 Å². The van der Waals surface area contributed by atoms with Gasteiger partial charge >= 0.3 is 0 Å². The van der Waals surface area contributed by atoms with Crippen LogP contribution in [0.4, 0.5) is 4.39 Å². The van der Waals surface area contributed by atoms with Gasteiger partial charge in [-0.3, -0.25) is 0 Å². The summed E-state index contributed by atoms with van der Waals surface area (Å²) >= 11 is 0. The third-order valence-corrected chi connectivity index (χ3v) is 4.01. The Bertz CT molecular complexity index is 414. The van der Waals surface area contributed by atoms with Gasteiger partial charge in [-0.15, -0.1) is 0 Å². The first-order valence-corrected chi connectivity index (χ1v) is 5.79. The van der Waals surface area contributed by atoms with E-state index in [4.69, 9.17) is 0 Å². The zero-order valence-electron chi connectivity index (χ0n) is 9.28. The maximum absolute atomic E-state index is 13.5. The Balaban J connectivity index is 1.84. The zero-order chi connectivity index (χ0) is 11.3. The fraction of sp³-hybridized carbons (Fsp3) is 0.538. The second-order valence-corrected chi connectivity index (χ2v) is 5.37. The molecule has 2 atom stereocenters. The number of fused-ring (bicyclic) bond motifs is 1. The maximum Gasteiger partial charge on any atom is 0.129 e. The van der Waals surface area contributed by atoms with Crippen LogP contribution in [0.25, 0.3) is 0 Å². The van der Waals surface area contributed by atoms with Crippen LogP contribution in [0.3, 0.4) is 0 Å². The number of hydrogen-bond donors (Lipinski definition) is 2. The summed E-state index contributed by atoms with van der Waals surface area (Å²) in [6.45, 7) is 2.16. The second kappa shape index (κ2) is 3.28. The first kappa shape index (κ1) is 10.2. The SMILES string of the molecule is CC12CC(C1)[C@@H]([C@@H](O)c1ccccc1F)N2. The highest BCUT2D eigenvalue weighted by molar-refractivity contribution is 5.24. The van der Waals surface area contributed by atoms with Crippen LogP contribution in [-0.2, 0) is 0 Å². The molecule has 1 aromatic carbocycles. The van der Waals surface area contributed by atoms with E-state index >= 15 is 0 Å². The summed E-state index contributed by atoms with van der Waals surface area (Å²) in [6, 6.07) is 6.50. The van der Waals surface area contributed by atoms with Crippen molar-refractivity contribution in [3.8, 4) is 0 Å². The van der Waals surface area contributed by atoms with E-state index < -0.39 is 6.10 Å². The van der Waals surface area contributed by atoms with Gasteiger partial charge in [-0.1, -0.05) is 18.2 Å². The Morgan fingerprint density at radius 3 is 2.69 bits per heavy atom. The Hall–Kier alpha value is -0.930. The lowest BCUT2D eigenvalue weighted by atomic mass is 9.72. The van der Waals surface area contributed by atoms with Crippen LogP contribution >= 0.6 is 0 Å². The summed E-state index contributed by atoms with van der Waals surface area (Å²) in [7, 11) is 0. The fourth-order valence-electron chi connectivity index (χ4n) is 3.23. The number of halogens is 1. The van der Waals surface area contributed by atoms with E-state index in [0.717, 1.165) is 12.8 Å². The molecule has 3 fully saturated rings. The van der Waals surface area contributed by atoms with Gasteiger partial charge in [0.25, 0.3) is 0 Å². The number of hydrogen-bond acceptors (Lipinski definition) is 2. The molecule has 3 aliphatic rings. The smallest absolute Gasteiger partial charge is 0.129 e. The second-order valence-electron chi connectivity index (χ2n) is 5.37. The predicted molar refractivity (Wildman–Crippen MR) is 59.4 cm³/mol. The highest BCUT2D eigenvalue weighted by Gasteiger charge is 2.54. The van der Waals surface area contributed by atoms with E-state index in [1.807, 2.05) is 0 Å². The summed E-state index contributed by atoms with van der Waals surface area (Å²) in [5.74, 6) is 0.186. The number of aliphatic hydroxyl groups excluding tert-OH is 1. The van der Waals surface area contributed by atoms with Crippen molar-refractivity contribution in [3.05, 3.63) is 35.6 Å². The molecule has 3 heteroatoms.